The van der Waals surface area contributed by atoms with E-state index in [4.69, 9.17) is 5.73 Å². The van der Waals surface area contributed by atoms with Gasteiger partial charge >= 0.3 is 0 Å². The Balaban J connectivity index is 0. The molecule has 124 valence electrons. The van der Waals surface area contributed by atoms with Gasteiger partial charge in [-0.05, 0) is 44.0 Å². The predicted octanol–water partition coefficient (Wildman–Crippen LogP) is 2.05. The smallest absolute Gasteiger partial charge is 0.208 e. The van der Waals surface area contributed by atoms with Crippen LogP contribution in [-0.2, 0) is 16.4 Å². The van der Waals surface area contributed by atoms with Crippen molar-refractivity contribution in [2.24, 2.45) is 0 Å². The number of rotatable bonds is 7. The van der Waals surface area contributed by atoms with Gasteiger partial charge in [-0.3, -0.25) is 0 Å². The van der Waals surface area contributed by atoms with Crippen LogP contribution >= 0.6 is 24.8 Å². The summed E-state index contributed by atoms with van der Waals surface area (Å²) in [7, 11) is -3.14. The molecule has 0 aromatic heterocycles. The van der Waals surface area contributed by atoms with Gasteiger partial charge in [0.25, 0.3) is 0 Å². The number of sulfonamides is 1. The predicted molar refractivity (Wildman–Crippen MR) is 95.5 cm³/mol. The Morgan fingerprint density at radius 3 is 2.24 bits per heavy atom. The highest BCUT2D eigenvalue weighted by atomic mass is 35.5. The van der Waals surface area contributed by atoms with Crippen molar-refractivity contribution in [3.8, 4) is 0 Å². The van der Waals surface area contributed by atoms with Crippen LogP contribution in [0.4, 0.5) is 11.4 Å². The summed E-state index contributed by atoms with van der Waals surface area (Å²) in [6.07, 6.45) is 1.75. The highest BCUT2D eigenvalue weighted by molar-refractivity contribution is 7.88. The number of hydrogen-bond donors (Lipinski definition) is 2. The fourth-order valence-electron chi connectivity index (χ4n) is 1.97. The molecule has 5 nitrogen and oxygen atoms in total. The van der Waals surface area contributed by atoms with Crippen molar-refractivity contribution >= 4 is 46.2 Å². The minimum atomic E-state index is -3.14. The molecule has 21 heavy (non-hydrogen) atoms. The zero-order valence-corrected chi connectivity index (χ0v) is 15.1. The zero-order chi connectivity index (χ0) is 14.5. The number of hydrogen-bond acceptors (Lipinski definition) is 4. The van der Waals surface area contributed by atoms with E-state index in [-0.39, 0.29) is 24.8 Å². The van der Waals surface area contributed by atoms with Crippen LogP contribution in [0.5, 0.6) is 0 Å². The maximum atomic E-state index is 11.0. The first-order valence-corrected chi connectivity index (χ1v) is 8.34. The molecule has 0 spiro atoms. The molecule has 0 amide bonds. The summed E-state index contributed by atoms with van der Waals surface area (Å²) in [5, 5.41) is 0. The molecular formula is C13H25Cl2N3O2S. The molecule has 0 aliphatic heterocycles. The first kappa shape index (κ1) is 22.6. The van der Waals surface area contributed by atoms with Gasteiger partial charge in [0.05, 0.1) is 6.26 Å². The van der Waals surface area contributed by atoms with E-state index in [0.717, 1.165) is 30.6 Å². The van der Waals surface area contributed by atoms with E-state index in [0.29, 0.717) is 18.7 Å². The van der Waals surface area contributed by atoms with Gasteiger partial charge in [0.15, 0.2) is 0 Å². The fraction of sp³-hybridized carbons (Fsp3) is 0.538. The monoisotopic (exact) mass is 357 g/mol. The van der Waals surface area contributed by atoms with E-state index >= 15 is 0 Å². The van der Waals surface area contributed by atoms with E-state index in [1.807, 2.05) is 18.2 Å². The van der Waals surface area contributed by atoms with Gasteiger partial charge in [-0.2, -0.15) is 0 Å². The Hall–Kier alpha value is -0.690. The second-order valence-electron chi connectivity index (χ2n) is 4.47. The molecule has 8 heteroatoms. The topological polar surface area (TPSA) is 75.4 Å². The molecule has 0 fully saturated rings. The number of nitrogens with zero attached hydrogens (tertiary/aromatic N) is 1. The van der Waals surface area contributed by atoms with E-state index in [1.165, 1.54) is 0 Å². The quantitative estimate of drug-likeness (QED) is 0.732. The molecule has 0 unspecified atom stereocenters. The fourth-order valence-corrected chi connectivity index (χ4v) is 2.44. The Kier molecular flexibility index (Phi) is 10.9. The summed E-state index contributed by atoms with van der Waals surface area (Å²) in [5.74, 6) is 0. The second kappa shape index (κ2) is 10.1. The van der Waals surface area contributed by atoms with Gasteiger partial charge in [-0.15, -0.1) is 24.8 Å². The molecule has 0 aliphatic carbocycles. The van der Waals surface area contributed by atoms with Crippen LogP contribution in [-0.4, -0.2) is 34.3 Å². The molecule has 0 atom stereocenters. The highest BCUT2D eigenvalue weighted by Crippen LogP contribution is 2.21. The minimum Gasteiger partial charge on any atom is -0.399 e. The third kappa shape index (κ3) is 7.76. The molecule has 0 bridgehead atoms. The third-order valence-electron chi connectivity index (χ3n) is 3.01. The van der Waals surface area contributed by atoms with Crippen LogP contribution in [0.1, 0.15) is 19.4 Å². The Morgan fingerprint density at radius 1 is 1.19 bits per heavy atom. The molecule has 0 heterocycles. The molecule has 0 saturated heterocycles. The van der Waals surface area contributed by atoms with Gasteiger partial charge in [0.2, 0.25) is 10.0 Å². The lowest BCUT2D eigenvalue weighted by atomic mass is 10.1. The Bertz CT molecular complexity index is 520. The van der Waals surface area contributed by atoms with Gasteiger partial charge in [-0.25, -0.2) is 13.1 Å². The SMILES string of the molecule is CCN(CC)c1ccc(N)c(CCNS(C)(=O)=O)c1.Cl.Cl. The van der Waals surface area contributed by atoms with Crippen LogP contribution < -0.4 is 15.4 Å². The molecule has 3 N–H and O–H groups in total. The molecule has 0 saturated carbocycles. The highest BCUT2D eigenvalue weighted by Gasteiger charge is 2.07. The summed E-state index contributed by atoms with van der Waals surface area (Å²) >= 11 is 0. The number of nitrogens with one attached hydrogen (secondary N) is 1. The van der Waals surface area contributed by atoms with Crippen molar-refractivity contribution in [1.82, 2.24) is 4.72 Å². The molecule has 1 aromatic rings. The van der Waals surface area contributed by atoms with Gasteiger partial charge in [0.1, 0.15) is 0 Å². The summed E-state index contributed by atoms with van der Waals surface area (Å²) in [4.78, 5) is 2.23. The number of benzene rings is 1. The first-order chi connectivity index (χ1) is 8.87. The maximum Gasteiger partial charge on any atom is 0.208 e. The van der Waals surface area contributed by atoms with Crippen molar-refractivity contribution in [3.63, 3.8) is 0 Å². The van der Waals surface area contributed by atoms with E-state index in [1.54, 1.807) is 0 Å². The van der Waals surface area contributed by atoms with Crippen LogP contribution in [0.2, 0.25) is 0 Å². The van der Waals surface area contributed by atoms with Crippen molar-refractivity contribution in [1.29, 1.82) is 0 Å². The van der Waals surface area contributed by atoms with Crippen molar-refractivity contribution < 1.29 is 8.42 Å². The number of halogens is 2. The number of nitrogen functional groups attached to an aromatic ring is 1. The van der Waals surface area contributed by atoms with Crippen LogP contribution in [0.3, 0.4) is 0 Å². The zero-order valence-electron chi connectivity index (χ0n) is 12.6. The second-order valence-corrected chi connectivity index (χ2v) is 6.30. The summed E-state index contributed by atoms with van der Waals surface area (Å²) in [5.41, 5.74) is 8.72. The van der Waals surface area contributed by atoms with Crippen LogP contribution in [0, 0.1) is 0 Å². The maximum absolute atomic E-state index is 11.0. The van der Waals surface area contributed by atoms with E-state index in [2.05, 4.69) is 23.5 Å². The summed E-state index contributed by atoms with van der Waals surface area (Å²) < 4.78 is 24.5. The lowest BCUT2D eigenvalue weighted by Crippen LogP contribution is -2.25. The molecular weight excluding hydrogens is 333 g/mol. The van der Waals surface area contributed by atoms with Crippen LogP contribution in [0.15, 0.2) is 18.2 Å². The Labute approximate surface area is 140 Å². The first-order valence-electron chi connectivity index (χ1n) is 6.45. The molecule has 0 aliphatic rings. The third-order valence-corrected chi connectivity index (χ3v) is 3.74. The molecule has 0 radical (unpaired) electrons. The lowest BCUT2D eigenvalue weighted by Gasteiger charge is -2.22. The number of nitrogens with two attached hydrogens (primary N) is 1. The molecule has 1 aromatic carbocycles. The van der Waals surface area contributed by atoms with Crippen molar-refractivity contribution in [3.05, 3.63) is 23.8 Å². The summed E-state index contributed by atoms with van der Waals surface area (Å²) in [6.45, 7) is 6.43. The van der Waals surface area contributed by atoms with E-state index in [9.17, 15) is 8.42 Å². The Morgan fingerprint density at radius 2 is 1.76 bits per heavy atom. The standard InChI is InChI=1S/C13H23N3O2S.2ClH/c1-4-16(5-2)12-6-7-13(14)11(10-12)8-9-15-19(3,17)18;;/h6-7,10,15H,4-5,8-9,14H2,1-3H3;2*1H. The van der Waals surface area contributed by atoms with Gasteiger partial charge in [0, 0.05) is 31.0 Å². The minimum absolute atomic E-state index is 0. The van der Waals surface area contributed by atoms with Gasteiger partial charge < -0.3 is 10.6 Å². The van der Waals surface area contributed by atoms with Crippen molar-refractivity contribution in [2.45, 2.75) is 20.3 Å². The number of anilines is 2. The average Bonchev–Trinajstić information content (AvgIpc) is 2.32. The lowest BCUT2D eigenvalue weighted by molar-refractivity contribution is 0.588. The van der Waals surface area contributed by atoms with Gasteiger partial charge in [-0.1, -0.05) is 0 Å². The van der Waals surface area contributed by atoms with E-state index < -0.39 is 10.0 Å². The average molecular weight is 358 g/mol. The van der Waals surface area contributed by atoms with Crippen molar-refractivity contribution in [2.75, 3.05) is 36.5 Å². The molecule has 1 rings (SSSR count). The normalized spacial score (nSPS) is 10.4. The largest absolute Gasteiger partial charge is 0.399 e. The summed E-state index contributed by atoms with van der Waals surface area (Å²) in [6, 6.07) is 5.91. The van der Waals surface area contributed by atoms with Crippen LogP contribution in [0.25, 0.3) is 0 Å².